The predicted octanol–water partition coefficient (Wildman–Crippen LogP) is 4.10. The summed E-state index contributed by atoms with van der Waals surface area (Å²) < 4.78 is 32.6. The molecule has 0 radical (unpaired) electrons. The van der Waals surface area contributed by atoms with Crippen molar-refractivity contribution in [1.82, 2.24) is 10.6 Å². The molecule has 0 saturated carbocycles. The number of amides is 1. The predicted molar refractivity (Wildman–Crippen MR) is 106 cm³/mol. The molecular formula is C21H17ClF2N2O4. The lowest BCUT2D eigenvalue weighted by molar-refractivity contribution is -0.119. The van der Waals surface area contributed by atoms with Gasteiger partial charge >= 0.3 is 5.97 Å². The number of benzene rings is 2. The monoisotopic (exact) mass is 434 g/mol. The molecule has 2 aromatic carbocycles. The number of nitrogens with one attached hydrogen (secondary N) is 2. The maximum absolute atomic E-state index is 13.8. The Morgan fingerprint density at radius 2 is 1.90 bits per heavy atom. The Morgan fingerprint density at radius 3 is 2.53 bits per heavy atom. The minimum Gasteiger partial charge on any atom is -0.478 e. The zero-order valence-electron chi connectivity index (χ0n) is 15.7. The first kappa shape index (κ1) is 21.3. The van der Waals surface area contributed by atoms with Crippen LogP contribution in [0.3, 0.4) is 0 Å². The van der Waals surface area contributed by atoms with Gasteiger partial charge in [0.15, 0.2) is 0 Å². The fraction of sp³-hybridized carbons (Fsp3) is 0.143. The van der Waals surface area contributed by atoms with Gasteiger partial charge in [0.2, 0.25) is 6.23 Å². The summed E-state index contributed by atoms with van der Waals surface area (Å²) in [7, 11) is 0. The highest BCUT2D eigenvalue weighted by Crippen LogP contribution is 2.28. The molecule has 1 heterocycles. The van der Waals surface area contributed by atoms with E-state index in [4.69, 9.17) is 21.4 Å². The average Bonchev–Trinajstić information content (AvgIpc) is 2.71. The quantitative estimate of drug-likeness (QED) is 0.637. The molecular weight excluding hydrogens is 418 g/mol. The number of hydrogen-bond donors (Lipinski definition) is 3. The standard InChI is InChI=1S/C21H17ClF2N2O4/c1-11(12-2-4-13(5-3-12)21(28)29)26-19(27)16-8-15(24)10-25-20(16)30-18-7-6-14(23)9-17(18)22/h2-11,20,25H,1H3,(H,26,27)(H,28,29). The summed E-state index contributed by atoms with van der Waals surface area (Å²) in [6.07, 6.45) is 0.996. The van der Waals surface area contributed by atoms with Gasteiger partial charge in [0.25, 0.3) is 5.91 Å². The van der Waals surface area contributed by atoms with Gasteiger partial charge in [0.05, 0.1) is 22.2 Å². The molecule has 0 saturated heterocycles. The molecule has 2 unspecified atom stereocenters. The van der Waals surface area contributed by atoms with Crippen LogP contribution in [0.15, 0.2) is 66.1 Å². The number of ether oxygens (including phenoxy) is 1. The van der Waals surface area contributed by atoms with Gasteiger partial charge in [-0.15, -0.1) is 0 Å². The number of halogens is 3. The molecule has 0 bridgehead atoms. The lowest BCUT2D eigenvalue weighted by Crippen LogP contribution is -2.42. The highest BCUT2D eigenvalue weighted by molar-refractivity contribution is 6.32. The van der Waals surface area contributed by atoms with Crippen molar-refractivity contribution in [3.05, 3.63) is 88.1 Å². The van der Waals surface area contributed by atoms with Gasteiger partial charge in [-0.05, 0) is 48.9 Å². The summed E-state index contributed by atoms with van der Waals surface area (Å²) in [5.41, 5.74) is 0.727. The highest BCUT2D eigenvalue weighted by Gasteiger charge is 2.27. The minimum absolute atomic E-state index is 0.00142. The molecule has 1 amide bonds. The molecule has 9 heteroatoms. The van der Waals surface area contributed by atoms with Crippen LogP contribution in [0.25, 0.3) is 0 Å². The molecule has 0 aromatic heterocycles. The number of carboxylic acids is 1. The van der Waals surface area contributed by atoms with Crippen LogP contribution < -0.4 is 15.4 Å². The van der Waals surface area contributed by atoms with Crippen LogP contribution in [0.2, 0.25) is 5.02 Å². The van der Waals surface area contributed by atoms with E-state index in [1.807, 2.05) is 0 Å². The molecule has 6 nitrogen and oxygen atoms in total. The maximum Gasteiger partial charge on any atom is 0.335 e. The molecule has 156 valence electrons. The Balaban J connectivity index is 1.75. The van der Waals surface area contributed by atoms with Gasteiger partial charge in [-0.3, -0.25) is 4.79 Å². The van der Waals surface area contributed by atoms with Crippen molar-refractivity contribution in [3.63, 3.8) is 0 Å². The van der Waals surface area contributed by atoms with Crippen LogP contribution in [0.5, 0.6) is 5.75 Å². The van der Waals surface area contributed by atoms with E-state index in [0.29, 0.717) is 5.56 Å². The van der Waals surface area contributed by atoms with Crippen molar-refractivity contribution in [3.8, 4) is 5.75 Å². The highest BCUT2D eigenvalue weighted by atomic mass is 35.5. The van der Waals surface area contributed by atoms with Gasteiger partial charge in [-0.2, -0.15) is 0 Å². The van der Waals surface area contributed by atoms with E-state index < -0.39 is 35.8 Å². The third-order valence-electron chi connectivity index (χ3n) is 4.35. The van der Waals surface area contributed by atoms with Gasteiger partial charge in [-0.25, -0.2) is 13.6 Å². The molecule has 3 rings (SSSR count). The van der Waals surface area contributed by atoms with Gasteiger partial charge < -0.3 is 20.5 Å². The number of rotatable bonds is 6. The van der Waals surface area contributed by atoms with Gasteiger partial charge in [0, 0.05) is 6.20 Å². The van der Waals surface area contributed by atoms with Crippen LogP contribution >= 0.6 is 11.6 Å². The lowest BCUT2D eigenvalue weighted by Gasteiger charge is -2.26. The lowest BCUT2D eigenvalue weighted by atomic mass is 10.0. The van der Waals surface area contributed by atoms with E-state index in [-0.39, 0.29) is 21.9 Å². The first-order valence-electron chi connectivity index (χ1n) is 8.83. The topological polar surface area (TPSA) is 87.7 Å². The summed E-state index contributed by atoms with van der Waals surface area (Å²) >= 11 is 5.96. The van der Waals surface area contributed by atoms with Crippen molar-refractivity contribution in [1.29, 1.82) is 0 Å². The number of carbonyl (C=O) groups excluding carboxylic acids is 1. The number of aromatic carboxylic acids is 1. The van der Waals surface area contributed by atoms with Crippen LogP contribution in [0.1, 0.15) is 28.9 Å². The van der Waals surface area contributed by atoms with Crippen molar-refractivity contribution < 1.29 is 28.2 Å². The van der Waals surface area contributed by atoms with Crippen molar-refractivity contribution in [2.24, 2.45) is 0 Å². The fourth-order valence-electron chi connectivity index (χ4n) is 2.77. The molecule has 0 fully saturated rings. The third kappa shape index (κ3) is 4.96. The molecule has 1 aliphatic heterocycles. The first-order chi connectivity index (χ1) is 14.2. The molecule has 2 atom stereocenters. The zero-order valence-corrected chi connectivity index (χ0v) is 16.4. The Morgan fingerprint density at radius 1 is 1.20 bits per heavy atom. The van der Waals surface area contributed by atoms with Crippen molar-refractivity contribution in [2.45, 2.75) is 19.2 Å². The SMILES string of the molecule is CC(NC(=O)C1=CC(F)=CNC1Oc1ccc(F)cc1Cl)c1ccc(C(=O)O)cc1. The first-order valence-corrected chi connectivity index (χ1v) is 9.21. The van der Waals surface area contributed by atoms with Gasteiger partial charge in [0.1, 0.15) is 17.4 Å². The van der Waals surface area contributed by atoms with E-state index in [9.17, 15) is 18.4 Å². The zero-order chi connectivity index (χ0) is 21.8. The summed E-state index contributed by atoms with van der Waals surface area (Å²) in [6.45, 7) is 1.70. The summed E-state index contributed by atoms with van der Waals surface area (Å²) in [5.74, 6) is -2.78. The second-order valence-electron chi connectivity index (χ2n) is 6.49. The van der Waals surface area contributed by atoms with E-state index in [2.05, 4.69) is 10.6 Å². The van der Waals surface area contributed by atoms with Crippen molar-refractivity contribution >= 4 is 23.5 Å². The number of dihydropyridines is 1. The second-order valence-corrected chi connectivity index (χ2v) is 6.90. The molecule has 3 N–H and O–H groups in total. The molecule has 2 aromatic rings. The number of carboxylic acid groups (broad SMARTS) is 1. The van der Waals surface area contributed by atoms with Crippen LogP contribution in [0.4, 0.5) is 8.78 Å². The van der Waals surface area contributed by atoms with E-state index >= 15 is 0 Å². The number of hydrogen-bond acceptors (Lipinski definition) is 4. The van der Waals surface area contributed by atoms with Crippen LogP contribution in [-0.2, 0) is 4.79 Å². The molecule has 30 heavy (non-hydrogen) atoms. The Labute approximate surface area is 175 Å². The van der Waals surface area contributed by atoms with Gasteiger partial charge in [-0.1, -0.05) is 23.7 Å². The molecule has 0 spiro atoms. The van der Waals surface area contributed by atoms with Crippen LogP contribution in [-0.4, -0.2) is 23.2 Å². The largest absolute Gasteiger partial charge is 0.478 e. The average molecular weight is 435 g/mol. The minimum atomic E-state index is -1.06. The van der Waals surface area contributed by atoms with E-state index in [1.165, 1.54) is 18.2 Å². The van der Waals surface area contributed by atoms with Crippen LogP contribution in [0, 0.1) is 5.82 Å². The third-order valence-corrected chi connectivity index (χ3v) is 4.65. The van der Waals surface area contributed by atoms with E-state index in [1.54, 1.807) is 19.1 Å². The van der Waals surface area contributed by atoms with E-state index in [0.717, 1.165) is 24.4 Å². The maximum atomic E-state index is 13.8. The Kier molecular flexibility index (Phi) is 6.37. The smallest absolute Gasteiger partial charge is 0.335 e. The summed E-state index contributed by atoms with van der Waals surface area (Å²) in [4.78, 5) is 23.7. The molecule has 1 aliphatic rings. The Bertz CT molecular complexity index is 1040. The van der Waals surface area contributed by atoms with Crippen molar-refractivity contribution in [2.75, 3.05) is 0 Å². The summed E-state index contributed by atoms with van der Waals surface area (Å²) in [6, 6.07) is 9.01. The number of allylic oxidation sites excluding steroid dienone is 2. The summed E-state index contributed by atoms with van der Waals surface area (Å²) in [5, 5.41) is 14.3. The Hall–Kier alpha value is -3.39. The molecule has 0 aliphatic carbocycles. The fourth-order valence-corrected chi connectivity index (χ4v) is 2.98. The number of carbonyl (C=O) groups is 2. The normalized spacial score (nSPS) is 16.6. The second kappa shape index (κ2) is 8.96.